The van der Waals surface area contributed by atoms with E-state index in [-0.39, 0.29) is 0 Å². The quantitative estimate of drug-likeness (QED) is 0.221. The Labute approximate surface area is 232 Å². The maximum Gasteiger partial charge on any atom is 0.0346 e. The van der Waals surface area contributed by atoms with Gasteiger partial charge >= 0.3 is 0 Å². The molecule has 40 heavy (non-hydrogen) atoms. The summed E-state index contributed by atoms with van der Waals surface area (Å²) in [7, 11) is 0. The van der Waals surface area contributed by atoms with Gasteiger partial charge in [0.2, 0.25) is 0 Å². The SMILES string of the molecule is c1cncc(-c2cccc(-c3cc4cccc5c(-c6cccc(-c7cccnc7)c6)cc6cccc3c6c45)c2)c1. The Balaban J connectivity index is 1.36. The van der Waals surface area contributed by atoms with E-state index in [1.165, 1.54) is 65.7 Å². The second-order valence-corrected chi connectivity index (χ2v) is 10.3. The van der Waals surface area contributed by atoms with Gasteiger partial charge in [0.05, 0.1) is 0 Å². The van der Waals surface area contributed by atoms with Crippen molar-refractivity contribution in [2.24, 2.45) is 0 Å². The second kappa shape index (κ2) is 9.14. The molecule has 6 aromatic carbocycles. The highest BCUT2D eigenvalue weighted by Gasteiger charge is 2.17. The maximum atomic E-state index is 4.33. The van der Waals surface area contributed by atoms with Crippen molar-refractivity contribution in [3.63, 3.8) is 0 Å². The predicted octanol–water partition coefficient (Wildman–Crippen LogP) is 10.0. The van der Waals surface area contributed by atoms with E-state index in [0.717, 1.165) is 11.1 Å². The van der Waals surface area contributed by atoms with Gasteiger partial charge in [-0.3, -0.25) is 9.97 Å². The summed E-state index contributed by atoms with van der Waals surface area (Å²) in [4.78, 5) is 8.66. The number of nitrogens with zero attached hydrogens (tertiary/aromatic N) is 2. The molecule has 0 fully saturated rings. The van der Waals surface area contributed by atoms with Crippen molar-refractivity contribution in [1.82, 2.24) is 9.97 Å². The van der Waals surface area contributed by atoms with E-state index in [9.17, 15) is 0 Å². The molecule has 0 N–H and O–H groups in total. The molecule has 0 radical (unpaired) electrons. The van der Waals surface area contributed by atoms with Gasteiger partial charge in [0, 0.05) is 35.9 Å². The van der Waals surface area contributed by atoms with E-state index < -0.39 is 0 Å². The fraction of sp³-hybridized carbons (Fsp3) is 0. The summed E-state index contributed by atoms with van der Waals surface area (Å²) in [6.07, 6.45) is 7.49. The van der Waals surface area contributed by atoms with Crippen LogP contribution in [-0.4, -0.2) is 9.97 Å². The van der Waals surface area contributed by atoms with Crippen LogP contribution in [-0.2, 0) is 0 Å². The predicted molar refractivity (Wildman–Crippen MR) is 167 cm³/mol. The highest BCUT2D eigenvalue weighted by molar-refractivity contribution is 6.29. The van der Waals surface area contributed by atoms with Crippen LogP contribution in [0.25, 0.3) is 76.8 Å². The van der Waals surface area contributed by atoms with Crippen LogP contribution in [0.2, 0.25) is 0 Å². The summed E-state index contributed by atoms with van der Waals surface area (Å²) in [6, 6.07) is 43.9. The van der Waals surface area contributed by atoms with Crippen molar-refractivity contribution in [3.05, 3.63) is 146 Å². The molecule has 0 aliphatic heterocycles. The van der Waals surface area contributed by atoms with Gasteiger partial charge in [-0.2, -0.15) is 0 Å². The fourth-order valence-corrected chi connectivity index (χ4v) is 6.13. The third kappa shape index (κ3) is 3.65. The molecule has 2 heterocycles. The summed E-state index contributed by atoms with van der Waals surface area (Å²) >= 11 is 0. The Morgan fingerprint density at radius 3 is 1.23 bits per heavy atom. The van der Waals surface area contributed by atoms with Crippen LogP contribution < -0.4 is 0 Å². The fourth-order valence-electron chi connectivity index (χ4n) is 6.13. The van der Waals surface area contributed by atoms with Crippen molar-refractivity contribution < 1.29 is 0 Å². The molecule has 0 saturated heterocycles. The van der Waals surface area contributed by atoms with Gasteiger partial charge in [-0.1, -0.05) is 84.9 Å². The highest BCUT2D eigenvalue weighted by Crippen LogP contribution is 2.44. The van der Waals surface area contributed by atoms with Gasteiger partial charge < -0.3 is 0 Å². The topological polar surface area (TPSA) is 25.8 Å². The minimum absolute atomic E-state index is 1.12. The van der Waals surface area contributed by atoms with E-state index in [4.69, 9.17) is 0 Å². The Hall–Kier alpha value is -5.34. The van der Waals surface area contributed by atoms with Crippen LogP contribution in [0.4, 0.5) is 0 Å². The maximum absolute atomic E-state index is 4.33. The smallest absolute Gasteiger partial charge is 0.0346 e. The zero-order valence-electron chi connectivity index (χ0n) is 21.8. The summed E-state index contributed by atoms with van der Waals surface area (Å²) in [5.41, 5.74) is 9.53. The molecule has 0 bridgehead atoms. The zero-order valence-corrected chi connectivity index (χ0v) is 21.8. The first kappa shape index (κ1) is 22.6. The molecule has 0 atom stereocenters. The second-order valence-electron chi connectivity index (χ2n) is 10.3. The van der Waals surface area contributed by atoms with Crippen molar-refractivity contribution in [1.29, 1.82) is 0 Å². The Morgan fingerprint density at radius 2 is 0.775 bits per heavy atom. The largest absolute Gasteiger partial charge is 0.264 e. The Kier molecular flexibility index (Phi) is 5.17. The molecule has 0 unspecified atom stereocenters. The summed E-state index contributed by atoms with van der Waals surface area (Å²) in [5.74, 6) is 0. The van der Waals surface area contributed by atoms with Crippen LogP contribution in [0.5, 0.6) is 0 Å². The molecule has 0 aliphatic rings. The number of pyridine rings is 2. The van der Waals surface area contributed by atoms with E-state index in [1.54, 1.807) is 0 Å². The lowest BCUT2D eigenvalue weighted by Gasteiger charge is -2.18. The molecule has 0 saturated carbocycles. The standard InChI is InChI=1S/C38H24N2/c1-7-25(31-13-5-17-39-23-31)19-27(9-1)35-21-29-11-4-16-34-36(22-30-12-3-15-33(35)37(30)38(29)34)28-10-2-8-26(20-28)32-14-6-18-40-24-32/h1-24H. The number of rotatable bonds is 4. The van der Waals surface area contributed by atoms with Gasteiger partial charge in [0.15, 0.2) is 0 Å². The first-order valence-electron chi connectivity index (χ1n) is 13.6. The molecule has 8 aromatic rings. The van der Waals surface area contributed by atoms with Crippen molar-refractivity contribution in [2.75, 3.05) is 0 Å². The van der Waals surface area contributed by atoms with Crippen LogP contribution >= 0.6 is 0 Å². The molecular formula is C38H24N2. The van der Waals surface area contributed by atoms with Crippen molar-refractivity contribution in [3.8, 4) is 44.5 Å². The lowest BCUT2D eigenvalue weighted by atomic mass is 9.85. The number of hydrogen-bond acceptors (Lipinski definition) is 2. The summed E-state index contributed by atoms with van der Waals surface area (Å²) in [6.45, 7) is 0. The lowest BCUT2D eigenvalue weighted by Crippen LogP contribution is -1.91. The van der Waals surface area contributed by atoms with Gasteiger partial charge in [0.1, 0.15) is 0 Å². The van der Waals surface area contributed by atoms with E-state index >= 15 is 0 Å². The molecule has 186 valence electrons. The van der Waals surface area contributed by atoms with Crippen LogP contribution in [0, 0.1) is 0 Å². The Morgan fingerprint density at radius 1 is 0.350 bits per heavy atom. The zero-order chi connectivity index (χ0) is 26.5. The van der Waals surface area contributed by atoms with Crippen molar-refractivity contribution >= 4 is 32.3 Å². The average Bonchev–Trinajstić information content (AvgIpc) is 3.04. The highest BCUT2D eigenvalue weighted by atomic mass is 14.6. The van der Waals surface area contributed by atoms with Gasteiger partial charge in [-0.05, 0) is 102 Å². The summed E-state index contributed by atoms with van der Waals surface area (Å²) in [5, 5.41) is 7.72. The number of aromatic nitrogens is 2. The first-order valence-corrected chi connectivity index (χ1v) is 13.6. The number of hydrogen-bond donors (Lipinski definition) is 0. The molecule has 0 amide bonds. The molecule has 0 spiro atoms. The molecule has 8 rings (SSSR count). The molecule has 2 heteroatoms. The van der Waals surface area contributed by atoms with Crippen LogP contribution in [0.15, 0.2) is 146 Å². The Bertz CT molecular complexity index is 1990. The third-order valence-corrected chi connectivity index (χ3v) is 7.96. The number of benzene rings is 6. The molecule has 2 aromatic heterocycles. The van der Waals surface area contributed by atoms with E-state index in [0.29, 0.717) is 0 Å². The minimum atomic E-state index is 1.12. The molecule has 0 aliphatic carbocycles. The molecule has 2 nitrogen and oxygen atoms in total. The molecular weight excluding hydrogens is 484 g/mol. The van der Waals surface area contributed by atoms with Crippen LogP contribution in [0.3, 0.4) is 0 Å². The monoisotopic (exact) mass is 508 g/mol. The normalized spacial score (nSPS) is 11.5. The van der Waals surface area contributed by atoms with E-state index in [1.807, 2.05) is 36.9 Å². The summed E-state index contributed by atoms with van der Waals surface area (Å²) < 4.78 is 0. The lowest BCUT2D eigenvalue weighted by molar-refractivity contribution is 1.33. The van der Waals surface area contributed by atoms with Gasteiger partial charge in [-0.25, -0.2) is 0 Å². The van der Waals surface area contributed by atoms with Gasteiger partial charge in [-0.15, -0.1) is 0 Å². The minimum Gasteiger partial charge on any atom is -0.264 e. The van der Waals surface area contributed by atoms with Crippen LogP contribution in [0.1, 0.15) is 0 Å². The third-order valence-electron chi connectivity index (χ3n) is 7.96. The van der Waals surface area contributed by atoms with Gasteiger partial charge in [0.25, 0.3) is 0 Å². The van der Waals surface area contributed by atoms with Crippen molar-refractivity contribution in [2.45, 2.75) is 0 Å². The average molecular weight is 509 g/mol. The first-order chi connectivity index (χ1) is 19.8. The van der Waals surface area contributed by atoms with E-state index in [2.05, 4.69) is 119 Å².